The molecule has 0 bridgehead atoms. The summed E-state index contributed by atoms with van der Waals surface area (Å²) in [7, 11) is 0. The van der Waals surface area contributed by atoms with Gasteiger partial charge in [0.15, 0.2) is 0 Å². The molecule has 0 saturated carbocycles. The van der Waals surface area contributed by atoms with Gasteiger partial charge in [-0.2, -0.15) is 0 Å². The zero-order valence-electron chi connectivity index (χ0n) is 12.3. The van der Waals surface area contributed by atoms with E-state index in [1.54, 1.807) is 0 Å². The van der Waals surface area contributed by atoms with E-state index in [-0.39, 0.29) is 5.91 Å². The summed E-state index contributed by atoms with van der Waals surface area (Å²) >= 11 is 0. The van der Waals surface area contributed by atoms with E-state index in [2.05, 4.69) is 37.9 Å². The first-order valence-electron chi connectivity index (χ1n) is 7.13. The van der Waals surface area contributed by atoms with Crippen LogP contribution < -0.4 is 11.1 Å². The SMILES string of the molecule is CC(C)CNC1(C(N)=O)CCN(CC(C)C)CC1. The van der Waals surface area contributed by atoms with Crippen molar-refractivity contribution in [3.05, 3.63) is 0 Å². The number of primary amides is 1. The van der Waals surface area contributed by atoms with Crippen LogP contribution >= 0.6 is 0 Å². The van der Waals surface area contributed by atoms with E-state index in [4.69, 9.17) is 5.73 Å². The van der Waals surface area contributed by atoms with E-state index in [1.807, 2.05) is 0 Å². The summed E-state index contributed by atoms with van der Waals surface area (Å²) < 4.78 is 0. The Labute approximate surface area is 111 Å². The zero-order valence-corrected chi connectivity index (χ0v) is 12.3. The molecule has 0 aliphatic carbocycles. The molecular formula is C14H29N3O. The molecule has 4 nitrogen and oxygen atoms in total. The first-order chi connectivity index (χ1) is 8.35. The van der Waals surface area contributed by atoms with Gasteiger partial charge in [0.25, 0.3) is 0 Å². The maximum atomic E-state index is 11.8. The molecule has 0 aromatic carbocycles. The van der Waals surface area contributed by atoms with E-state index in [9.17, 15) is 4.79 Å². The van der Waals surface area contributed by atoms with Crippen LogP contribution in [0.5, 0.6) is 0 Å². The number of amides is 1. The van der Waals surface area contributed by atoms with Crippen molar-refractivity contribution in [2.45, 2.75) is 46.1 Å². The summed E-state index contributed by atoms with van der Waals surface area (Å²) in [5.41, 5.74) is 5.14. The molecule has 1 amide bonds. The summed E-state index contributed by atoms with van der Waals surface area (Å²) in [5, 5.41) is 3.41. The Hall–Kier alpha value is -0.610. The van der Waals surface area contributed by atoms with Gasteiger partial charge in [-0.15, -0.1) is 0 Å². The lowest BCUT2D eigenvalue weighted by atomic mass is 9.86. The standard InChI is InChI=1S/C14H29N3O/c1-11(2)9-16-14(13(15)18)5-7-17(8-6-14)10-12(3)4/h11-12,16H,5-10H2,1-4H3,(H2,15,18). The van der Waals surface area contributed by atoms with Gasteiger partial charge in [0.05, 0.1) is 0 Å². The number of hydrogen-bond donors (Lipinski definition) is 2. The van der Waals surface area contributed by atoms with Crippen molar-refractivity contribution >= 4 is 5.91 Å². The van der Waals surface area contributed by atoms with E-state index in [0.29, 0.717) is 11.8 Å². The van der Waals surface area contributed by atoms with Gasteiger partial charge < -0.3 is 16.0 Å². The molecular weight excluding hydrogens is 226 g/mol. The van der Waals surface area contributed by atoms with Gasteiger partial charge in [0.2, 0.25) is 5.91 Å². The molecule has 106 valence electrons. The van der Waals surface area contributed by atoms with Crippen molar-refractivity contribution in [1.29, 1.82) is 0 Å². The lowest BCUT2D eigenvalue weighted by Crippen LogP contribution is -2.61. The van der Waals surface area contributed by atoms with E-state index in [0.717, 1.165) is 39.0 Å². The van der Waals surface area contributed by atoms with Crippen molar-refractivity contribution < 1.29 is 4.79 Å². The van der Waals surface area contributed by atoms with Crippen molar-refractivity contribution in [3.63, 3.8) is 0 Å². The normalized spacial score (nSPS) is 20.6. The zero-order chi connectivity index (χ0) is 13.8. The maximum absolute atomic E-state index is 11.8. The molecule has 0 radical (unpaired) electrons. The number of piperidine rings is 1. The predicted molar refractivity (Wildman–Crippen MR) is 75.3 cm³/mol. The van der Waals surface area contributed by atoms with Gasteiger partial charge in [-0.3, -0.25) is 4.79 Å². The Morgan fingerprint density at radius 1 is 1.22 bits per heavy atom. The number of nitrogens with two attached hydrogens (primary N) is 1. The Morgan fingerprint density at radius 2 is 1.78 bits per heavy atom. The van der Waals surface area contributed by atoms with Crippen LogP contribution in [0.1, 0.15) is 40.5 Å². The fourth-order valence-electron chi connectivity index (χ4n) is 2.54. The summed E-state index contributed by atoms with van der Waals surface area (Å²) in [4.78, 5) is 14.2. The molecule has 1 fully saturated rings. The molecule has 0 aromatic heterocycles. The monoisotopic (exact) mass is 255 g/mol. The fourth-order valence-corrected chi connectivity index (χ4v) is 2.54. The second-order valence-corrected chi connectivity index (χ2v) is 6.42. The first-order valence-corrected chi connectivity index (χ1v) is 7.13. The number of rotatable bonds is 6. The van der Waals surface area contributed by atoms with Crippen molar-refractivity contribution in [2.24, 2.45) is 17.6 Å². The Morgan fingerprint density at radius 3 is 2.17 bits per heavy atom. The molecule has 3 N–H and O–H groups in total. The van der Waals surface area contributed by atoms with Crippen LogP contribution in [-0.2, 0) is 4.79 Å². The molecule has 1 rings (SSSR count). The first kappa shape index (κ1) is 15.4. The van der Waals surface area contributed by atoms with Gasteiger partial charge in [0.1, 0.15) is 5.54 Å². The highest BCUT2D eigenvalue weighted by Gasteiger charge is 2.39. The number of likely N-dealkylation sites (tertiary alicyclic amines) is 1. The van der Waals surface area contributed by atoms with Crippen LogP contribution in [-0.4, -0.2) is 42.5 Å². The van der Waals surface area contributed by atoms with Crippen LogP contribution in [0.15, 0.2) is 0 Å². The number of carbonyl (C=O) groups excluding carboxylic acids is 1. The highest BCUT2D eigenvalue weighted by molar-refractivity contribution is 5.84. The largest absolute Gasteiger partial charge is 0.368 e. The van der Waals surface area contributed by atoms with Crippen LogP contribution in [0.25, 0.3) is 0 Å². The average molecular weight is 255 g/mol. The van der Waals surface area contributed by atoms with Gasteiger partial charge in [-0.25, -0.2) is 0 Å². The van der Waals surface area contributed by atoms with Crippen molar-refractivity contribution in [1.82, 2.24) is 10.2 Å². The minimum atomic E-state index is -0.474. The molecule has 1 saturated heterocycles. The second-order valence-electron chi connectivity index (χ2n) is 6.42. The average Bonchev–Trinajstić information content (AvgIpc) is 2.27. The van der Waals surface area contributed by atoms with Gasteiger partial charge in [-0.05, 0) is 31.2 Å². The molecule has 18 heavy (non-hydrogen) atoms. The van der Waals surface area contributed by atoms with Gasteiger partial charge in [-0.1, -0.05) is 27.7 Å². The molecule has 1 aliphatic heterocycles. The summed E-state index contributed by atoms with van der Waals surface area (Å²) in [6.45, 7) is 12.6. The molecule has 0 unspecified atom stereocenters. The number of carbonyl (C=O) groups is 1. The maximum Gasteiger partial charge on any atom is 0.237 e. The Bertz CT molecular complexity index is 268. The smallest absolute Gasteiger partial charge is 0.237 e. The third-order valence-electron chi connectivity index (χ3n) is 3.65. The van der Waals surface area contributed by atoms with E-state index >= 15 is 0 Å². The lowest BCUT2D eigenvalue weighted by Gasteiger charge is -2.41. The summed E-state index contributed by atoms with van der Waals surface area (Å²) in [6, 6.07) is 0. The summed E-state index contributed by atoms with van der Waals surface area (Å²) in [5.74, 6) is 1.02. The van der Waals surface area contributed by atoms with Crippen LogP contribution in [0.4, 0.5) is 0 Å². The fraction of sp³-hybridized carbons (Fsp3) is 0.929. The highest BCUT2D eigenvalue weighted by Crippen LogP contribution is 2.23. The van der Waals surface area contributed by atoms with Gasteiger partial charge >= 0.3 is 0 Å². The molecule has 0 aromatic rings. The second kappa shape index (κ2) is 6.53. The Balaban J connectivity index is 2.54. The van der Waals surface area contributed by atoms with Crippen LogP contribution in [0.3, 0.4) is 0 Å². The van der Waals surface area contributed by atoms with Crippen LogP contribution in [0.2, 0.25) is 0 Å². The number of hydrogen-bond acceptors (Lipinski definition) is 3. The minimum Gasteiger partial charge on any atom is -0.368 e. The highest BCUT2D eigenvalue weighted by atomic mass is 16.1. The molecule has 4 heteroatoms. The number of nitrogens with one attached hydrogen (secondary N) is 1. The summed E-state index contributed by atoms with van der Waals surface area (Å²) in [6.07, 6.45) is 1.67. The van der Waals surface area contributed by atoms with Gasteiger partial charge in [0, 0.05) is 19.6 Å². The third-order valence-corrected chi connectivity index (χ3v) is 3.65. The molecule has 1 heterocycles. The molecule has 0 spiro atoms. The van der Waals surface area contributed by atoms with Crippen molar-refractivity contribution in [3.8, 4) is 0 Å². The quantitative estimate of drug-likeness (QED) is 0.750. The van der Waals surface area contributed by atoms with Crippen LogP contribution in [0, 0.1) is 11.8 Å². The number of nitrogens with zero attached hydrogens (tertiary/aromatic N) is 1. The van der Waals surface area contributed by atoms with E-state index in [1.165, 1.54) is 0 Å². The lowest BCUT2D eigenvalue weighted by molar-refractivity contribution is -0.126. The van der Waals surface area contributed by atoms with Crippen molar-refractivity contribution in [2.75, 3.05) is 26.2 Å². The molecule has 0 atom stereocenters. The minimum absolute atomic E-state index is 0.188. The third kappa shape index (κ3) is 4.25. The van der Waals surface area contributed by atoms with E-state index < -0.39 is 5.54 Å². The Kier molecular flexibility index (Phi) is 5.60. The topological polar surface area (TPSA) is 58.4 Å². The molecule has 1 aliphatic rings. The predicted octanol–water partition coefficient (Wildman–Crippen LogP) is 1.21.